The fourth-order valence-electron chi connectivity index (χ4n) is 8.83. The molecule has 0 unspecified atom stereocenters. The summed E-state index contributed by atoms with van der Waals surface area (Å²) in [4.78, 5) is 12.9. The van der Waals surface area contributed by atoms with E-state index in [1.54, 1.807) is 0 Å². The number of hydrogen-bond acceptors (Lipinski definition) is 2. The van der Waals surface area contributed by atoms with Crippen LogP contribution in [0.2, 0.25) is 0 Å². The van der Waals surface area contributed by atoms with Crippen LogP contribution in [0.3, 0.4) is 0 Å². The zero-order valence-corrected chi connectivity index (χ0v) is 16.8. The zero-order chi connectivity index (χ0) is 18.0. The van der Waals surface area contributed by atoms with Gasteiger partial charge in [0, 0.05) is 12.0 Å². The van der Waals surface area contributed by atoms with Gasteiger partial charge in [0.25, 0.3) is 0 Å². The Bertz CT molecular complexity index is 542. The lowest BCUT2D eigenvalue weighted by Gasteiger charge is -2.63. The van der Waals surface area contributed by atoms with Crippen molar-refractivity contribution in [3.8, 4) is 0 Å². The van der Waals surface area contributed by atoms with Crippen LogP contribution >= 0.6 is 0 Å². The van der Waals surface area contributed by atoms with Crippen molar-refractivity contribution in [2.45, 2.75) is 79.1 Å². The summed E-state index contributed by atoms with van der Waals surface area (Å²) in [7, 11) is 0. The van der Waals surface area contributed by atoms with Gasteiger partial charge < -0.3 is 5.11 Å². The largest absolute Gasteiger partial charge is 0.396 e. The molecule has 4 aliphatic rings. The Morgan fingerprint density at radius 1 is 1.12 bits per heavy atom. The molecule has 4 fully saturated rings. The third kappa shape index (κ3) is 2.35. The van der Waals surface area contributed by atoms with Crippen molar-refractivity contribution in [2.24, 2.45) is 52.3 Å². The molecule has 4 aliphatic carbocycles. The van der Waals surface area contributed by atoms with E-state index >= 15 is 0 Å². The molecule has 0 radical (unpaired) electrons. The number of aliphatic hydroxyl groups excluding tert-OH is 1. The van der Waals surface area contributed by atoms with Crippen molar-refractivity contribution in [3.05, 3.63) is 0 Å². The summed E-state index contributed by atoms with van der Waals surface area (Å²) < 4.78 is 0. The number of aliphatic hydroxyl groups is 1. The van der Waals surface area contributed by atoms with Crippen LogP contribution in [0.15, 0.2) is 0 Å². The van der Waals surface area contributed by atoms with Gasteiger partial charge in [0.2, 0.25) is 0 Å². The first kappa shape index (κ1) is 18.0. The van der Waals surface area contributed by atoms with Gasteiger partial charge in [-0.25, -0.2) is 0 Å². The minimum absolute atomic E-state index is 0.206. The number of ketones is 1. The van der Waals surface area contributed by atoms with Crippen molar-refractivity contribution in [1.29, 1.82) is 0 Å². The van der Waals surface area contributed by atoms with Gasteiger partial charge in [-0.05, 0) is 98.7 Å². The molecule has 0 heterocycles. The van der Waals surface area contributed by atoms with Crippen molar-refractivity contribution >= 4 is 5.78 Å². The topological polar surface area (TPSA) is 37.3 Å². The summed E-state index contributed by atoms with van der Waals surface area (Å²) in [6.07, 6.45) is 10.2. The average Bonchev–Trinajstić information content (AvgIpc) is 2.94. The lowest BCUT2D eigenvalue weighted by molar-refractivity contribution is -0.165. The highest BCUT2D eigenvalue weighted by Gasteiger charge is 2.64. The monoisotopic (exact) mass is 346 g/mol. The second-order valence-electron chi connectivity index (χ2n) is 10.7. The molecule has 25 heavy (non-hydrogen) atoms. The molecule has 142 valence electrons. The molecule has 0 aromatic carbocycles. The molecule has 0 bridgehead atoms. The summed E-state index contributed by atoms with van der Waals surface area (Å²) in [6, 6.07) is 0. The van der Waals surface area contributed by atoms with E-state index in [1.165, 1.54) is 38.5 Å². The van der Waals surface area contributed by atoms with Gasteiger partial charge >= 0.3 is 0 Å². The molecule has 0 spiro atoms. The molecule has 4 saturated carbocycles. The Balaban J connectivity index is 1.71. The summed E-state index contributed by atoms with van der Waals surface area (Å²) in [5.74, 6) is 5.08. The number of Topliss-reactive ketones (excluding diaryl/α,β-unsaturated/α-hetero) is 1. The van der Waals surface area contributed by atoms with Gasteiger partial charge in [-0.3, -0.25) is 4.79 Å². The van der Waals surface area contributed by atoms with E-state index in [1.807, 2.05) is 6.92 Å². The normalized spacial score (nSPS) is 55.2. The summed E-state index contributed by atoms with van der Waals surface area (Å²) in [6.45, 7) is 9.52. The second-order valence-corrected chi connectivity index (χ2v) is 10.7. The Morgan fingerprint density at radius 3 is 2.56 bits per heavy atom. The number of fused-ring (bicyclic) bond motifs is 5. The molecule has 2 nitrogen and oxygen atoms in total. The van der Waals surface area contributed by atoms with Crippen molar-refractivity contribution < 1.29 is 9.90 Å². The number of hydrogen-bond donors (Lipinski definition) is 1. The Morgan fingerprint density at radius 2 is 1.88 bits per heavy atom. The summed E-state index contributed by atoms with van der Waals surface area (Å²) in [5, 5.41) is 10.0. The molecule has 2 heteroatoms. The molecule has 1 N–H and O–H groups in total. The van der Waals surface area contributed by atoms with Crippen LogP contribution in [-0.4, -0.2) is 17.5 Å². The van der Waals surface area contributed by atoms with Gasteiger partial charge in [0.05, 0.1) is 0 Å². The molecule has 0 aromatic rings. The van der Waals surface area contributed by atoms with E-state index in [2.05, 4.69) is 20.8 Å². The van der Waals surface area contributed by atoms with Gasteiger partial charge in [0.1, 0.15) is 5.78 Å². The third-order valence-corrected chi connectivity index (χ3v) is 9.75. The highest BCUT2D eigenvalue weighted by atomic mass is 16.3. The van der Waals surface area contributed by atoms with E-state index in [0.717, 1.165) is 36.5 Å². The van der Waals surface area contributed by atoms with Crippen LogP contribution in [0.1, 0.15) is 79.1 Å². The molecule has 0 aromatic heterocycles. The van der Waals surface area contributed by atoms with Crippen LogP contribution in [0.5, 0.6) is 0 Å². The summed E-state index contributed by atoms with van der Waals surface area (Å²) in [5.41, 5.74) is 0.287. The standard InChI is InChI=1S/C23H38O2/c1-14-9-10-22(4)17(11-14)5-7-19-20-8-6-18(13-24)23(20,16(3)25)12-15(2)21(19)22/h14-15,17-21,24H,5-13H2,1-4H3/t14-,15+,17+,18-,19+,20+,21+,22+,23+/m1/s1. The van der Waals surface area contributed by atoms with Gasteiger partial charge in [-0.1, -0.05) is 27.2 Å². The first-order chi connectivity index (χ1) is 11.8. The molecular weight excluding hydrogens is 308 g/mol. The fourth-order valence-corrected chi connectivity index (χ4v) is 8.83. The van der Waals surface area contributed by atoms with Gasteiger partial charge in [-0.15, -0.1) is 0 Å². The second kappa shape index (κ2) is 6.08. The van der Waals surface area contributed by atoms with Crippen LogP contribution in [0.25, 0.3) is 0 Å². The predicted octanol–water partition coefficient (Wildman–Crippen LogP) is 5.09. The van der Waals surface area contributed by atoms with Crippen LogP contribution < -0.4 is 0 Å². The maximum atomic E-state index is 12.9. The number of carbonyl (C=O) groups is 1. The third-order valence-electron chi connectivity index (χ3n) is 9.75. The molecular formula is C23H38O2. The van der Waals surface area contributed by atoms with E-state index in [0.29, 0.717) is 23.0 Å². The van der Waals surface area contributed by atoms with Gasteiger partial charge in [-0.2, -0.15) is 0 Å². The zero-order valence-electron chi connectivity index (χ0n) is 16.8. The van der Waals surface area contributed by atoms with E-state index in [4.69, 9.17) is 0 Å². The molecule has 0 saturated heterocycles. The van der Waals surface area contributed by atoms with Crippen molar-refractivity contribution in [1.82, 2.24) is 0 Å². The molecule has 0 aliphatic heterocycles. The van der Waals surface area contributed by atoms with Crippen LogP contribution in [-0.2, 0) is 4.79 Å². The minimum atomic E-state index is -0.208. The quantitative estimate of drug-likeness (QED) is 0.756. The Labute approximate surface area is 154 Å². The van der Waals surface area contributed by atoms with E-state index < -0.39 is 0 Å². The summed E-state index contributed by atoms with van der Waals surface area (Å²) >= 11 is 0. The fraction of sp³-hybridized carbons (Fsp3) is 0.957. The number of rotatable bonds is 2. The molecule has 4 rings (SSSR count). The minimum Gasteiger partial charge on any atom is -0.396 e. The van der Waals surface area contributed by atoms with Crippen molar-refractivity contribution in [2.75, 3.05) is 6.61 Å². The number of carbonyl (C=O) groups excluding carboxylic acids is 1. The highest BCUT2D eigenvalue weighted by molar-refractivity contribution is 5.83. The Kier molecular flexibility index (Phi) is 4.38. The van der Waals surface area contributed by atoms with E-state index in [-0.39, 0.29) is 17.9 Å². The lowest BCUT2D eigenvalue weighted by Crippen LogP contribution is -2.58. The average molecular weight is 347 g/mol. The highest BCUT2D eigenvalue weighted by Crippen LogP contribution is 2.69. The van der Waals surface area contributed by atoms with E-state index in [9.17, 15) is 9.90 Å². The lowest BCUT2D eigenvalue weighted by atomic mass is 9.41. The Hall–Kier alpha value is -0.370. The van der Waals surface area contributed by atoms with Crippen LogP contribution in [0, 0.1) is 52.3 Å². The first-order valence-corrected chi connectivity index (χ1v) is 11.0. The van der Waals surface area contributed by atoms with Crippen molar-refractivity contribution in [3.63, 3.8) is 0 Å². The molecule has 9 atom stereocenters. The maximum Gasteiger partial charge on any atom is 0.136 e. The van der Waals surface area contributed by atoms with Gasteiger partial charge in [0.15, 0.2) is 0 Å². The first-order valence-electron chi connectivity index (χ1n) is 11.0. The smallest absolute Gasteiger partial charge is 0.136 e. The molecule has 0 amide bonds. The predicted molar refractivity (Wildman–Crippen MR) is 101 cm³/mol. The van der Waals surface area contributed by atoms with Crippen LogP contribution in [0.4, 0.5) is 0 Å². The SMILES string of the molecule is CC(=O)[C@]12C[C@H](C)[C@H]3[C@@H](CC[C@H]4C[C@H](C)CC[C@@]43C)[C@@H]1CC[C@@H]2CO. The maximum absolute atomic E-state index is 12.9.